The molecular weight excluding hydrogens is 206 g/mol. The number of nitrogens with one attached hydrogen (secondary N) is 1. The van der Waals surface area contributed by atoms with Gasteiger partial charge in [0.05, 0.1) is 6.61 Å². The minimum absolute atomic E-state index is 0.678. The van der Waals surface area contributed by atoms with Crippen molar-refractivity contribution in [3.05, 3.63) is 0 Å². The van der Waals surface area contributed by atoms with E-state index in [2.05, 4.69) is 30.9 Å². The number of rotatable bonds is 7. The Morgan fingerprint density at radius 3 is 2.93 bits per heavy atom. The number of hydrogen-bond acceptors (Lipinski definition) is 3. The summed E-state index contributed by atoms with van der Waals surface area (Å²) in [5.41, 5.74) is 0. The molecule has 1 saturated heterocycles. The van der Waals surface area contributed by atoms with Crippen molar-refractivity contribution < 1.29 is 4.74 Å². The molecule has 0 spiro atoms. The molecule has 90 valence electrons. The van der Waals surface area contributed by atoms with Gasteiger partial charge in [0, 0.05) is 17.9 Å². The van der Waals surface area contributed by atoms with Gasteiger partial charge in [-0.2, -0.15) is 11.8 Å². The first-order chi connectivity index (χ1) is 7.38. The second kappa shape index (κ2) is 8.43. The minimum atomic E-state index is 0.678. The van der Waals surface area contributed by atoms with Gasteiger partial charge in [0.15, 0.2) is 0 Å². The van der Waals surface area contributed by atoms with E-state index in [0.29, 0.717) is 11.3 Å². The molecule has 1 N–H and O–H groups in total. The molecule has 0 aromatic rings. The van der Waals surface area contributed by atoms with Crippen LogP contribution < -0.4 is 5.32 Å². The van der Waals surface area contributed by atoms with Gasteiger partial charge in [-0.1, -0.05) is 20.3 Å². The Morgan fingerprint density at radius 1 is 1.33 bits per heavy atom. The molecule has 0 bridgehead atoms. The van der Waals surface area contributed by atoms with Gasteiger partial charge in [0.25, 0.3) is 0 Å². The summed E-state index contributed by atoms with van der Waals surface area (Å²) >= 11 is 2.09. The third-order valence-corrected chi connectivity index (χ3v) is 4.21. The van der Waals surface area contributed by atoms with E-state index in [4.69, 9.17) is 4.74 Å². The molecule has 0 aromatic heterocycles. The van der Waals surface area contributed by atoms with E-state index in [-0.39, 0.29) is 0 Å². The van der Waals surface area contributed by atoms with Crippen molar-refractivity contribution in [2.45, 2.75) is 50.8 Å². The summed E-state index contributed by atoms with van der Waals surface area (Å²) in [4.78, 5) is 0. The van der Waals surface area contributed by atoms with Gasteiger partial charge in [-0.15, -0.1) is 0 Å². The van der Waals surface area contributed by atoms with Crippen molar-refractivity contribution in [2.75, 3.05) is 25.5 Å². The molecule has 2 atom stereocenters. The zero-order valence-electron chi connectivity index (χ0n) is 10.1. The lowest BCUT2D eigenvalue weighted by Gasteiger charge is -2.32. The van der Waals surface area contributed by atoms with Crippen LogP contribution in [0.25, 0.3) is 0 Å². The average molecular weight is 231 g/mol. The maximum Gasteiger partial charge on any atom is 0.0600 e. The van der Waals surface area contributed by atoms with Crippen molar-refractivity contribution in [2.24, 2.45) is 0 Å². The fourth-order valence-corrected chi connectivity index (χ4v) is 3.23. The van der Waals surface area contributed by atoms with Crippen LogP contribution in [0.3, 0.4) is 0 Å². The molecule has 1 fully saturated rings. The number of thioether (sulfide) groups is 1. The molecule has 2 nitrogen and oxygen atoms in total. The highest BCUT2D eigenvalue weighted by atomic mass is 32.2. The van der Waals surface area contributed by atoms with Crippen LogP contribution in [0.4, 0.5) is 0 Å². The van der Waals surface area contributed by atoms with Crippen LogP contribution in [0.1, 0.15) is 39.5 Å². The lowest BCUT2D eigenvalue weighted by Crippen LogP contribution is -2.45. The first kappa shape index (κ1) is 13.3. The predicted molar refractivity (Wildman–Crippen MR) is 68.7 cm³/mol. The summed E-state index contributed by atoms with van der Waals surface area (Å²) < 4.78 is 5.56. The summed E-state index contributed by atoms with van der Waals surface area (Å²) in [5, 5.41) is 4.33. The highest BCUT2D eigenvalue weighted by Gasteiger charge is 2.24. The second-order valence-electron chi connectivity index (χ2n) is 4.19. The Bertz CT molecular complexity index is 155. The van der Waals surface area contributed by atoms with E-state index in [1.54, 1.807) is 0 Å². The van der Waals surface area contributed by atoms with Gasteiger partial charge in [-0.25, -0.2) is 0 Å². The molecule has 15 heavy (non-hydrogen) atoms. The normalized spacial score (nSPS) is 26.8. The average Bonchev–Trinajstić information content (AvgIpc) is 2.28. The third kappa shape index (κ3) is 5.23. The predicted octanol–water partition coefficient (Wildman–Crippen LogP) is 2.68. The summed E-state index contributed by atoms with van der Waals surface area (Å²) in [6.45, 7) is 7.51. The first-order valence-electron chi connectivity index (χ1n) is 6.31. The van der Waals surface area contributed by atoms with Crippen LogP contribution in [0, 0.1) is 0 Å². The first-order valence-corrected chi connectivity index (χ1v) is 7.36. The lowest BCUT2D eigenvalue weighted by atomic mass is 10.1. The zero-order valence-corrected chi connectivity index (χ0v) is 10.9. The highest BCUT2D eigenvalue weighted by molar-refractivity contribution is 8.00. The molecule has 0 aliphatic carbocycles. The van der Waals surface area contributed by atoms with Crippen molar-refractivity contribution in [3.8, 4) is 0 Å². The Morgan fingerprint density at radius 2 is 2.20 bits per heavy atom. The fourth-order valence-electron chi connectivity index (χ4n) is 1.82. The summed E-state index contributed by atoms with van der Waals surface area (Å²) in [7, 11) is 0. The van der Waals surface area contributed by atoms with Crippen molar-refractivity contribution in [1.82, 2.24) is 5.32 Å². The van der Waals surface area contributed by atoms with Crippen LogP contribution in [0.2, 0.25) is 0 Å². The quantitative estimate of drug-likeness (QED) is 0.681. The van der Waals surface area contributed by atoms with E-state index >= 15 is 0 Å². The van der Waals surface area contributed by atoms with Gasteiger partial charge in [-0.3, -0.25) is 0 Å². The van der Waals surface area contributed by atoms with Crippen LogP contribution in [-0.2, 0) is 4.74 Å². The molecular formula is C12H25NOS. The Labute approximate surface area is 98.5 Å². The monoisotopic (exact) mass is 231 g/mol. The lowest BCUT2D eigenvalue weighted by molar-refractivity contribution is 0.0833. The zero-order chi connectivity index (χ0) is 10.9. The van der Waals surface area contributed by atoms with Crippen LogP contribution in [-0.4, -0.2) is 36.8 Å². The van der Waals surface area contributed by atoms with Gasteiger partial charge >= 0.3 is 0 Å². The summed E-state index contributed by atoms with van der Waals surface area (Å²) in [6, 6.07) is 0.681. The van der Waals surface area contributed by atoms with Gasteiger partial charge in [-0.05, 0) is 31.6 Å². The van der Waals surface area contributed by atoms with Crippen molar-refractivity contribution in [3.63, 3.8) is 0 Å². The van der Waals surface area contributed by atoms with Crippen molar-refractivity contribution in [1.29, 1.82) is 0 Å². The van der Waals surface area contributed by atoms with Gasteiger partial charge < -0.3 is 10.1 Å². The van der Waals surface area contributed by atoms with E-state index < -0.39 is 0 Å². The smallest absolute Gasteiger partial charge is 0.0600 e. The number of ether oxygens (including phenoxy) is 1. The SMILES string of the molecule is CCCCSC1COCCC1NCCC. The van der Waals surface area contributed by atoms with E-state index in [0.717, 1.165) is 19.8 Å². The topological polar surface area (TPSA) is 21.3 Å². The molecule has 0 aromatic carbocycles. The molecule has 0 radical (unpaired) electrons. The molecule has 3 heteroatoms. The van der Waals surface area contributed by atoms with E-state index in [9.17, 15) is 0 Å². The van der Waals surface area contributed by atoms with Crippen molar-refractivity contribution >= 4 is 11.8 Å². The Hall–Kier alpha value is 0.270. The molecule has 2 unspecified atom stereocenters. The molecule has 1 aliphatic heterocycles. The Kier molecular flexibility index (Phi) is 7.49. The fraction of sp³-hybridized carbons (Fsp3) is 1.00. The number of unbranched alkanes of at least 4 members (excludes halogenated alkanes) is 1. The van der Waals surface area contributed by atoms with Crippen LogP contribution in [0.5, 0.6) is 0 Å². The molecule has 0 amide bonds. The van der Waals surface area contributed by atoms with Crippen LogP contribution in [0.15, 0.2) is 0 Å². The minimum Gasteiger partial charge on any atom is -0.380 e. The molecule has 1 aliphatic rings. The molecule has 1 heterocycles. The maximum absolute atomic E-state index is 5.56. The van der Waals surface area contributed by atoms with Gasteiger partial charge in [0.1, 0.15) is 0 Å². The van der Waals surface area contributed by atoms with Crippen LogP contribution >= 0.6 is 11.8 Å². The highest BCUT2D eigenvalue weighted by Crippen LogP contribution is 2.22. The largest absolute Gasteiger partial charge is 0.380 e. The maximum atomic E-state index is 5.56. The van der Waals surface area contributed by atoms with E-state index in [1.807, 2.05) is 0 Å². The summed E-state index contributed by atoms with van der Waals surface area (Å²) in [6.07, 6.45) is 5.04. The third-order valence-electron chi connectivity index (χ3n) is 2.79. The second-order valence-corrected chi connectivity index (χ2v) is 5.53. The van der Waals surface area contributed by atoms with E-state index in [1.165, 1.54) is 31.4 Å². The number of hydrogen-bond donors (Lipinski definition) is 1. The Balaban J connectivity index is 2.22. The standard InChI is InChI=1S/C12H25NOS/c1-3-5-9-15-12-10-14-8-6-11(12)13-7-4-2/h11-13H,3-10H2,1-2H3. The molecule has 1 rings (SSSR count). The van der Waals surface area contributed by atoms with Gasteiger partial charge in [0.2, 0.25) is 0 Å². The molecule has 0 saturated carbocycles. The summed E-state index contributed by atoms with van der Waals surface area (Å²) in [5.74, 6) is 1.29.